The normalized spacial score (nSPS) is 10.1. The summed E-state index contributed by atoms with van der Waals surface area (Å²) < 4.78 is 0. The summed E-state index contributed by atoms with van der Waals surface area (Å²) in [7, 11) is 0. The molecule has 200 valence electrons. The molecule has 1 unspecified atom stereocenters. The number of rotatable bonds is 13. The van der Waals surface area contributed by atoms with Crippen LogP contribution in [0, 0.1) is 0 Å². The topological polar surface area (TPSA) is 382 Å². The van der Waals surface area contributed by atoms with E-state index in [1.165, 1.54) is 0 Å². The van der Waals surface area contributed by atoms with Gasteiger partial charge in [-0.15, -0.1) is 0 Å². The molecule has 39 heavy (non-hydrogen) atoms. The Labute approximate surface area is 337 Å². The van der Waals surface area contributed by atoms with Crippen LogP contribution >= 0.6 is 0 Å². The van der Waals surface area contributed by atoms with E-state index in [-0.39, 0.29) is 151 Å². The molecule has 0 saturated carbocycles. The third-order valence-electron chi connectivity index (χ3n) is 3.14. The average Bonchev–Trinajstić information content (AvgIpc) is 2.58. The van der Waals surface area contributed by atoms with E-state index in [0.29, 0.717) is 0 Å². The monoisotopic (exact) mass is 670 g/mol. The predicted octanol–water partition coefficient (Wildman–Crippen LogP) is -15.8. The van der Waals surface area contributed by atoms with Crippen molar-refractivity contribution >= 4 is 199 Å². The van der Waals surface area contributed by atoms with Crippen LogP contribution in [0.25, 0.3) is 0 Å². The van der Waals surface area contributed by atoms with Crippen LogP contribution in [0.2, 0.25) is 0 Å². The second-order valence-electron chi connectivity index (χ2n) is 6.24. The molecule has 0 aromatic rings. The summed E-state index contributed by atoms with van der Waals surface area (Å²) >= 11 is 0. The standard InChI is InChI=1S/2C6H8O7.C4H6O5.4Ca/c2*7-3(8)1-6(13,5(11)12)2-4(9)10;5-2(4(8)9)1-3(6)7;;;;/h2*13H,1-2H2,(H,7,8)(H,9,10)(H,11,12);2,5H,1H2,(H,6,7)(H,8,9);;;;/q;;;4*+2/p-8. The number of aliphatic hydroxyl groups excluding tert-OH is 1. The van der Waals surface area contributed by atoms with Crippen molar-refractivity contribution in [2.45, 2.75) is 49.4 Å². The van der Waals surface area contributed by atoms with Gasteiger partial charge in [-0.3, -0.25) is 0 Å². The molecule has 1 atom stereocenters. The minimum Gasteiger partial charge on any atom is -0.550 e. The number of aliphatic hydroxyl groups is 3. The number of hydrogen-bond donors (Lipinski definition) is 3. The molecule has 0 aromatic heterocycles. The molecule has 0 aliphatic carbocycles. The Bertz CT molecular complexity index is 761. The number of aliphatic carboxylic acids is 8. The smallest absolute Gasteiger partial charge is 0.550 e. The molecule has 19 nitrogen and oxygen atoms in total. The van der Waals surface area contributed by atoms with E-state index in [1.807, 2.05) is 0 Å². The molecule has 0 aromatic carbocycles. The summed E-state index contributed by atoms with van der Waals surface area (Å²) in [5, 5.41) is 105. The first kappa shape index (κ1) is 55.6. The van der Waals surface area contributed by atoms with Gasteiger partial charge in [0, 0.05) is 62.0 Å². The van der Waals surface area contributed by atoms with Crippen LogP contribution in [0.4, 0.5) is 0 Å². The fourth-order valence-corrected chi connectivity index (χ4v) is 1.61. The van der Waals surface area contributed by atoms with Gasteiger partial charge in [-0.25, -0.2) is 0 Å². The summed E-state index contributed by atoms with van der Waals surface area (Å²) in [4.78, 5) is 79.1. The number of hydrogen-bond acceptors (Lipinski definition) is 19. The molecule has 0 aliphatic heterocycles. The van der Waals surface area contributed by atoms with Gasteiger partial charge in [-0.2, -0.15) is 0 Å². The van der Waals surface area contributed by atoms with Crippen molar-refractivity contribution < 1.29 is 94.5 Å². The van der Waals surface area contributed by atoms with E-state index in [4.69, 9.17) is 15.3 Å². The Balaban J connectivity index is -0.0000000761. The molecule has 0 heterocycles. The third-order valence-corrected chi connectivity index (χ3v) is 3.14. The summed E-state index contributed by atoms with van der Waals surface area (Å²) in [6.45, 7) is 0. The van der Waals surface area contributed by atoms with E-state index in [1.54, 1.807) is 0 Å². The molecule has 3 N–H and O–H groups in total. The van der Waals surface area contributed by atoms with Gasteiger partial charge in [0.1, 0.15) is 11.2 Å². The molecule has 0 aliphatic rings. The third kappa shape index (κ3) is 31.4. The second kappa shape index (κ2) is 27.5. The van der Waals surface area contributed by atoms with Gasteiger partial charge in [0.25, 0.3) is 0 Å². The molecule has 0 radical (unpaired) electrons. The minimum atomic E-state index is -2.97. The summed E-state index contributed by atoms with van der Waals surface area (Å²) in [6.07, 6.45) is -8.32. The molecule has 0 saturated heterocycles. The maximum Gasteiger partial charge on any atom is 2.00 e. The van der Waals surface area contributed by atoms with Crippen molar-refractivity contribution in [3.05, 3.63) is 0 Å². The molecule has 0 bridgehead atoms. The van der Waals surface area contributed by atoms with E-state index < -0.39 is 97.2 Å². The molecule has 0 rings (SSSR count). The number of carbonyl (C=O) groups excluding carboxylic acids is 8. The summed E-state index contributed by atoms with van der Waals surface area (Å²) in [6, 6.07) is 0. The minimum absolute atomic E-state index is 0. The van der Waals surface area contributed by atoms with Crippen LogP contribution in [0.3, 0.4) is 0 Å². The molecular weight excluding hydrogens is 656 g/mol. The van der Waals surface area contributed by atoms with E-state index in [2.05, 4.69) is 0 Å². The van der Waals surface area contributed by atoms with Gasteiger partial charge in [-0.1, -0.05) is 0 Å². The van der Waals surface area contributed by atoms with Crippen LogP contribution in [0.15, 0.2) is 0 Å². The molecule has 0 spiro atoms. The van der Waals surface area contributed by atoms with Crippen molar-refractivity contribution in [2.24, 2.45) is 0 Å². The molecule has 0 fully saturated rings. The van der Waals surface area contributed by atoms with Gasteiger partial charge < -0.3 is 94.5 Å². The first-order valence-electron chi connectivity index (χ1n) is 8.35. The van der Waals surface area contributed by atoms with Crippen LogP contribution < -0.4 is 40.9 Å². The number of carboxylic acids is 8. The molecule has 23 heteroatoms. The average molecular weight is 671 g/mol. The largest absolute Gasteiger partial charge is 2.00 e. The maximum absolute atomic E-state index is 10.1. The van der Waals surface area contributed by atoms with Crippen LogP contribution in [-0.2, 0) is 38.4 Å². The van der Waals surface area contributed by atoms with E-state index in [9.17, 15) is 79.2 Å². The zero-order valence-electron chi connectivity index (χ0n) is 19.8. The second-order valence-corrected chi connectivity index (χ2v) is 6.24. The zero-order chi connectivity index (χ0) is 28.7. The first-order chi connectivity index (χ1) is 15.6. The Morgan fingerprint density at radius 3 is 0.769 bits per heavy atom. The van der Waals surface area contributed by atoms with Gasteiger partial charge >= 0.3 is 151 Å². The van der Waals surface area contributed by atoms with Crippen molar-refractivity contribution in [1.82, 2.24) is 0 Å². The summed E-state index contributed by atoms with van der Waals surface area (Å²) in [5.41, 5.74) is -5.95. The zero-order valence-corrected chi connectivity index (χ0v) is 28.6. The van der Waals surface area contributed by atoms with Crippen molar-refractivity contribution in [1.29, 1.82) is 0 Å². The molecular formula is C16H14Ca4O19. The first-order valence-corrected chi connectivity index (χ1v) is 8.35. The van der Waals surface area contributed by atoms with Crippen LogP contribution in [0.1, 0.15) is 32.1 Å². The Kier molecular flexibility index (Phi) is 39.2. The Morgan fingerprint density at radius 2 is 0.692 bits per heavy atom. The SMILES string of the molecule is O=C([O-])CC(O)(CC(=O)[O-])C(=O)[O-].O=C([O-])CC(O)(CC(=O)[O-])C(=O)[O-].O=C([O-])CC(O)C(=O)[O-].[Ca+2].[Ca+2].[Ca+2].[Ca+2]. The predicted molar refractivity (Wildman–Crippen MR) is 102 cm³/mol. The van der Waals surface area contributed by atoms with Gasteiger partial charge in [0.15, 0.2) is 0 Å². The molecule has 0 amide bonds. The van der Waals surface area contributed by atoms with Crippen molar-refractivity contribution in [2.75, 3.05) is 0 Å². The van der Waals surface area contributed by atoms with Gasteiger partial charge in [0.05, 0.1) is 24.0 Å². The van der Waals surface area contributed by atoms with Crippen LogP contribution in [-0.4, -0.2) is 231 Å². The fraction of sp³-hybridized carbons (Fsp3) is 0.500. The Hall–Kier alpha value is 0.679. The number of carbonyl (C=O) groups is 8. The number of carboxylic acid groups (broad SMARTS) is 8. The van der Waals surface area contributed by atoms with Crippen molar-refractivity contribution in [3.63, 3.8) is 0 Å². The van der Waals surface area contributed by atoms with Gasteiger partial charge in [-0.05, 0) is 0 Å². The van der Waals surface area contributed by atoms with Gasteiger partial charge in [0.2, 0.25) is 0 Å². The summed E-state index contributed by atoms with van der Waals surface area (Å²) in [5.74, 6) is -15.4. The quantitative estimate of drug-likeness (QED) is 0.153. The Morgan fingerprint density at radius 1 is 0.487 bits per heavy atom. The van der Waals surface area contributed by atoms with Crippen molar-refractivity contribution in [3.8, 4) is 0 Å². The van der Waals surface area contributed by atoms with E-state index >= 15 is 0 Å². The maximum atomic E-state index is 10.1. The van der Waals surface area contributed by atoms with E-state index in [0.717, 1.165) is 0 Å². The fourth-order valence-electron chi connectivity index (χ4n) is 1.61. The van der Waals surface area contributed by atoms with Crippen LogP contribution in [0.5, 0.6) is 0 Å².